The average molecular weight is 287 g/mol. The van der Waals surface area contributed by atoms with Gasteiger partial charge >= 0.3 is 0 Å². The van der Waals surface area contributed by atoms with E-state index in [1.807, 2.05) is 45.0 Å². The molecule has 0 aliphatic rings. The summed E-state index contributed by atoms with van der Waals surface area (Å²) in [5.74, 6) is 0.978. The van der Waals surface area contributed by atoms with E-state index in [1.165, 1.54) is 5.56 Å². The highest BCUT2D eigenvalue weighted by molar-refractivity contribution is 5.78. The molecule has 0 aliphatic heterocycles. The molecule has 0 bridgehead atoms. The molecule has 0 saturated heterocycles. The highest BCUT2D eigenvalue weighted by atomic mass is 16.4. The Balaban J connectivity index is 1.97. The SMILES string of the molecule is CCC(CC)C(=O)NCc1nnc(-c2ccc(C)cc2)o1. The molecular weight excluding hydrogens is 266 g/mol. The van der Waals surface area contributed by atoms with Crippen LogP contribution in [0.15, 0.2) is 28.7 Å². The molecule has 1 aromatic carbocycles. The molecule has 0 atom stereocenters. The van der Waals surface area contributed by atoms with Crippen LogP contribution in [-0.2, 0) is 11.3 Å². The molecule has 0 radical (unpaired) electrons. The minimum Gasteiger partial charge on any atom is -0.419 e. The average Bonchev–Trinajstić information content (AvgIpc) is 2.96. The summed E-state index contributed by atoms with van der Waals surface area (Å²) in [6, 6.07) is 7.87. The van der Waals surface area contributed by atoms with Gasteiger partial charge in [-0.25, -0.2) is 0 Å². The molecule has 21 heavy (non-hydrogen) atoms. The molecule has 1 amide bonds. The zero-order chi connectivity index (χ0) is 15.2. The lowest BCUT2D eigenvalue weighted by Gasteiger charge is -2.10. The number of carbonyl (C=O) groups excluding carboxylic acids is 1. The topological polar surface area (TPSA) is 68.0 Å². The summed E-state index contributed by atoms with van der Waals surface area (Å²) in [6.07, 6.45) is 1.67. The van der Waals surface area contributed by atoms with Crippen LogP contribution in [-0.4, -0.2) is 16.1 Å². The maximum atomic E-state index is 11.9. The molecule has 0 fully saturated rings. The van der Waals surface area contributed by atoms with Gasteiger partial charge in [0, 0.05) is 11.5 Å². The van der Waals surface area contributed by atoms with Gasteiger partial charge in [0.15, 0.2) is 0 Å². The van der Waals surface area contributed by atoms with Crippen molar-refractivity contribution < 1.29 is 9.21 Å². The number of carbonyl (C=O) groups is 1. The highest BCUT2D eigenvalue weighted by Gasteiger charge is 2.15. The molecule has 0 saturated carbocycles. The maximum absolute atomic E-state index is 11.9. The van der Waals surface area contributed by atoms with E-state index in [1.54, 1.807) is 0 Å². The predicted molar refractivity (Wildman–Crippen MR) is 80.4 cm³/mol. The molecule has 112 valence electrons. The maximum Gasteiger partial charge on any atom is 0.247 e. The fourth-order valence-corrected chi connectivity index (χ4v) is 2.10. The smallest absolute Gasteiger partial charge is 0.247 e. The fraction of sp³-hybridized carbons (Fsp3) is 0.438. The van der Waals surface area contributed by atoms with Crippen LogP contribution in [0.1, 0.15) is 38.1 Å². The second-order valence-corrected chi connectivity index (χ2v) is 5.10. The quantitative estimate of drug-likeness (QED) is 0.886. The monoisotopic (exact) mass is 287 g/mol. The van der Waals surface area contributed by atoms with Gasteiger partial charge in [-0.3, -0.25) is 4.79 Å². The van der Waals surface area contributed by atoms with E-state index in [-0.39, 0.29) is 18.4 Å². The van der Waals surface area contributed by atoms with Gasteiger partial charge in [0.1, 0.15) is 0 Å². The van der Waals surface area contributed by atoms with Crippen molar-refractivity contribution in [3.8, 4) is 11.5 Å². The van der Waals surface area contributed by atoms with Crippen LogP contribution in [0.25, 0.3) is 11.5 Å². The third-order valence-electron chi connectivity index (χ3n) is 3.54. The van der Waals surface area contributed by atoms with E-state index in [0.717, 1.165) is 18.4 Å². The molecule has 1 heterocycles. The van der Waals surface area contributed by atoms with Gasteiger partial charge < -0.3 is 9.73 Å². The van der Waals surface area contributed by atoms with Crippen molar-refractivity contribution in [2.45, 2.75) is 40.2 Å². The second kappa shape index (κ2) is 7.02. The van der Waals surface area contributed by atoms with Crippen LogP contribution in [0.2, 0.25) is 0 Å². The lowest BCUT2D eigenvalue weighted by molar-refractivity contribution is -0.125. The van der Waals surface area contributed by atoms with Gasteiger partial charge in [-0.2, -0.15) is 0 Å². The number of benzene rings is 1. The largest absolute Gasteiger partial charge is 0.419 e. The number of nitrogens with one attached hydrogen (secondary N) is 1. The summed E-state index contributed by atoms with van der Waals surface area (Å²) >= 11 is 0. The second-order valence-electron chi connectivity index (χ2n) is 5.10. The Labute approximate surface area is 124 Å². The first-order valence-electron chi connectivity index (χ1n) is 7.31. The minimum absolute atomic E-state index is 0.0371. The zero-order valence-corrected chi connectivity index (χ0v) is 12.7. The van der Waals surface area contributed by atoms with Gasteiger partial charge in [0.05, 0.1) is 6.54 Å². The van der Waals surface area contributed by atoms with E-state index < -0.39 is 0 Å². The zero-order valence-electron chi connectivity index (χ0n) is 12.7. The summed E-state index contributed by atoms with van der Waals surface area (Å²) < 4.78 is 5.57. The third kappa shape index (κ3) is 3.90. The Hall–Kier alpha value is -2.17. The first-order chi connectivity index (χ1) is 10.1. The number of aromatic nitrogens is 2. The summed E-state index contributed by atoms with van der Waals surface area (Å²) in [5, 5.41) is 10.8. The lowest BCUT2D eigenvalue weighted by atomic mass is 10.0. The molecule has 2 aromatic rings. The molecule has 2 rings (SSSR count). The van der Waals surface area contributed by atoms with Crippen molar-refractivity contribution in [3.05, 3.63) is 35.7 Å². The van der Waals surface area contributed by atoms with Crippen LogP contribution in [0, 0.1) is 12.8 Å². The van der Waals surface area contributed by atoms with E-state index in [0.29, 0.717) is 11.8 Å². The molecule has 0 aliphatic carbocycles. The molecule has 1 N–H and O–H groups in total. The third-order valence-corrected chi connectivity index (χ3v) is 3.54. The standard InChI is InChI=1S/C16H21N3O2/c1-4-12(5-2)15(20)17-10-14-18-19-16(21-14)13-8-6-11(3)7-9-13/h6-9,12H,4-5,10H2,1-3H3,(H,17,20). The van der Waals surface area contributed by atoms with Gasteiger partial charge in [0.2, 0.25) is 17.7 Å². The molecule has 0 unspecified atom stereocenters. The summed E-state index contributed by atoms with van der Waals surface area (Å²) in [5.41, 5.74) is 2.06. The number of amides is 1. The van der Waals surface area contributed by atoms with Crippen LogP contribution >= 0.6 is 0 Å². The Morgan fingerprint density at radius 2 is 1.86 bits per heavy atom. The fourth-order valence-electron chi connectivity index (χ4n) is 2.10. The number of nitrogens with zero attached hydrogens (tertiary/aromatic N) is 2. The number of hydrogen-bond acceptors (Lipinski definition) is 4. The molecule has 0 spiro atoms. The lowest BCUT2D eigenvalue weighted by Crippen LogP contribution is -2.29. The van der Waals surface area contributed by atoms with Crippen molar-refractivity contribution in [2.24, 2.45) is 5.92 Å². The first-order valence-corrected chi connectivity index (χ1v) is 7.31. The molecule has 1 aromatic heterocycles. The molecular formula is C16H21N3O2. The van der Waals surface area contributed by atoms with Gasteiger partial charge in [-0.1, -0.05) is 31.5 Å². The van der Waals surface area contributed by atoms with Crippen molar-refractivity contribution in [3.63, 3.8) is 0 Å². The number of hydrogen-bond donors (Lipinski definition) is 1. The van der Waals surface area contributed by atoms with E-state index in [4.69, 9.17) is 4.42 Å². The minimum atomic E-state index is 0.0371. The van der Waals surface area contributed by atoms with E-state index in [9.17, 15) is 4.79 Å². The van der Waals surface area contributed by atoms with Crippen molar-refractivity contribution in [2.75, 3.05) is 0 Å². The summed E-state index contributed by atoms with van der Waals surface area (Å²) in [4.78, 5) is 11.9. The Bertz CT molecular complexity index is 586. The Morgan fingerprint density at radius 3 is 2.48 bits per heavy atom. The van der Waals surface area contributed by atoms with Crippen LogP contribution in [0.4, 0.5) is 0 Å². The van der Waals surface area contributed by atoms with Crippen molar-refractivity contribution in [1.29, 1.82) is 0 Å². The van der Waals surface area contributed by atoms with E-state index in [2.05, 4.69) is 15.5 Å². The summed E-state index contributed by atoms with van der Waals surface area (Å²) in [7, 11) is 0. The van der Waals surface area contributed by atoms with Gasteiger partial charge in [-0.05, 0) is 31.9 Å². The van der Waals surface area contributed by atoms with Crippen molar-refractivity contribution in [1.82, 2.24) is 15.5 Å². The van der Waals surface area contributed by atoms with Crippen LogP contribution in [0.3, 0.4) is 0 Å². The Morgan fingerprint density at radius 1 is 1.19 bits per heavy atom. The van der Waals surface area contributed by atoms with Crippen molar-refractivity contribution >= 4 is 5.91 Å². The van der Waals surface area contributed by atoms with Crippen LogP contribution < -0.4 is 5.32 Å². The highest BCUT2D eigenvalue weighted by Crippen LogP contribution is 2.18. The van der Waals surface area contributed by atoms with Gasteiger partial charge in [-0.15, -0.1) is 10.2 Å². The van der Waals surface area contributed by atoms with Crippen LogP contribution in [0.5, 0.6) is 0 Å². The Kier molecular flexibility index (Phi) is 5.09. The normalized spacial score (nSPS) is 10.9. The van der Waals surface area contributed by atoms with E-state index >= 15 is 0 Å². The predicted octanol–water partition coefficient (Wildman–Crippen LogP) is 3.10. The molecule has 5 nitrogen and oxygen atoms in total. The summed E-state index contributed by atoms with van der Waals surface area (Å²) in [6.45, 7) is 6.32. The first kappa shape index (κ1) is 15.2. The molecule has 5 heteroatoms. The number of aryl methyl sites for hydroxylation is 1. The number of rotatable bonds is 6. The van der Waals surface area contributed by atoms with Gasteiger partial charge in [0.25, 0.3) is 0 Å².